The SMILES string of the molecule is CNC(=O)C1CN(C)CCN(C(=O)c2c(C)noc2C)C1. The molecule has 1 aromatic heterocycles. The van der Waals surface area contributed by atoms with Gasteiger partial charge in [0.2, 0.25) is 5.91 Å². The first-order valence-corrected chi connectivity index (χ1v) is 7.06. The summed E-state index contributed by atoms with van der Waals surface area (Å²) in [5, 5.41) is 6.49. The van der Waals surface area contributed by atoms with Gasteiger partial charge in [-0.3, -0.25) is 9.59 Å². The number of nitrogens with one attached hydrogen (secondary N) is 1. The summed E-state index contributed by atoms with van der Waals surface area (Å²) in [6, 6.07) is 0. The average Bonchev–Trinajstić information content (AvgIpc) is 2.67. The molecule has 0 bridgehead atoms. The first-order valence-electron chi connectivity index (χ1n) is 7.06. The van der Waals surface area contributed by atoms with Crippen LogP contribution in [0.2, 0.25) is 0 Å². The molecule has 2 heterocycles. The maximum Gasteiger partial charge on any atom is 0.259 e. The maximum absolute atomic E-state index is 12.7. The van der Waals surface area contributed by atoms with E-state index in [-0.39, 0.29) is 17.7 Å². The number of nitrogens with zero attached hydrogens (tertiary/aromatic N) is 3. The summed E-state index contributed by atoms with van der Waals surface area (Å²) in [5.41, 5.74) is 1.10. The van der Waals surface area contributed by atoms with Crippen molar-refractivity contribution in [3.05, 3.63) is 17.0 Å². The van der Waals surface area contributed by atoms with E-state index in [0.29, 0.717) is 36.7 Å². The van der Waals surface area contributed by atoms with Crippen LogP contribution in [0, 0.1) is 19.8 Å². The average molecular weight is 294 g/mol. The summed E-state index contributed by atoms with van der Waals surface area (Å²) < 4.78 is 5.07. The van der Waals surface area contributed by atoms with Gasteiger partial charge in [0.15, 0.2) is 0 Å². The molecule has 1 unspecified atom stereocenters. The maximum atomic E-state index is 12.7. The van der Waals surface area contributed by atoms with Crippen LogP contribution in [0.1, 0.15) is 21.8 Å². The van der Waals surface area contributed by atoms with Gasteiger partial charge in [0, 0.05) is 33.2 Å². The van der Waals surface area contributed by atoms with E-state index in [1.54, 1.807) is 25.8 Å². The van der Waals surface area contributed by atoms with Crippen LogP contribution in [0.3, 0.4) is 0 Å². The molecule has 0 spiro atoms. The standard InChI is InChI=1S/C14H22N4O3/c1-9-12(10(2)21-16-9)14(20)18-6-5-17(4)7-11(8-18)13(19)15-3/h11H,5-8H2,1-4H3,(H,15,19). The lowest BCUT2D eigenvalue weighted by atomic mass is 10.1. The highest BCUT2D eigenvalue weighted by molar-refractivity contribution is 5.96. The minimum Gasteiger partial charge on any atom is -0.361 e. The molecular formula is C14H22N4O3. The lowest BCUT2D eigenvalue weighted by Crippen LogP contribution is -2.41. The quantitative estimate of drug-likeness (QED) is 0.833. The van der Waals surface area contributed by atoms with Crippen LogP contribution in [0.15, 0.2) is 4.52 Å². The molecule has 2 rings (SSSR count). The minimum atomic E-state index is -0.230. The molecule has 2 amide bonds. The minimum absolute atomic E-state index is 0.0414. The number of aryl methyl sites for hydroxylation is 2. The van der Waals surface area contributed by atoms with Crippen LogP contribution in [-0.4, -0.2) is 67.0 Å². The smallest absolute Gasteiger partial charge is 0.259 e. The Kier molecular flexibility index (Phi) is 4.62. The lowest BCUT2D eigenvalue weighted by molar-refractivity contribution is -0.125. The van der Waals surface area contributed by atoms with Gasteiger partial charge in [0.1, 0.15) is 11.3 Å². The van der Waals surface area contributed by atoms with E-state index in [1.165, 1.54) is 0 Å². The molecular weight excluding hydrogens is 272 g/mol. The Hall–Kier alpha value is -1.89. The second-order valence-corrected chi connectivity index (χ2v) is 5.52. The lowest BCUT2D eigenvalue weighted by Gasteiger charge is -2.23. The van der Waals surface area contributed by atoms with E-state index in [2.05, 4.69) is 15.4 Å². The van der Waals surface area contributed by atoms with E-state index in [1.807, 2.05) is 7.05 Å². The van der Waals surface area contributed by atoms with Crippen molar-refractivity contribution in [3.63, 3.8) is 0 Å². The fourth-order valence-electron chi connectivity index (χ4n) is 2.67. The summed E-state index contributed by atoms with van der Waals surface area (Å²) >= 11 is 0. The van der Waals surface area contributed by atoms with Crippen molar-refractivity contribution in [1.82, 2.24) is 20.3 Å². The Balaban J connectivity index is 2.22. The molecule has 1 aromatic rings. The van der Waals surface area contributed by atoms with Crippen molar-refractivity contribution in [2.24, 2.45) is 5.92 Å². The number of carbonyl (C=O) groups is 2. The number of likely N-dealkylation sites (N-methyl/N-ethyl adjacent to an activating group) is 1. The van der Waals surface area contributed by atoms with Crippen molar-refractivity contribution in [3.8, 4) is 0 Å². The molecule has 0 saturated carbocycles. The largest absolute Gasteiger partial charge is 0.361 e. The van der Waals surface area contributed by atoms with Crippen LogP contribution >= 0.6 is 0 Å². The number of rotatable bonds is 2. The normalized spacial score (nSPS) is 20.2. The van der Waals surface area contributed by atoms with E-state index in [0.717, 1.165) is 6.54 Å². The van der Waals surface area contributed by atoms with Gasteiger partial charge in [-0.15, -0.1) is 0 Å². The zero-order valence-corrected chi connectivity index (χ0v) is 13.0. The van der Waals surface area contributed by atoms with Gasteiger partial charge in [0.05, 0.1) is 11.6 Å². The summed E-state index contributed by atoms with van der Waals surface area (Å²) in [6.07, 6.45) is 0. The first-order chi connectivity index (χ1) is 9.93. The van der Waals surface area contributed by atoms with Crippen LogP contribution in [0.4, 0.5) is 0 Å². The number of amides is 2. The second-order valence-electron chi connectivity index (χ2n) is 5.52. The van der Waals surface area contributed by atoms with Crippen molar-refractivity contribution in [1.29, 1.82) is 0 Å². The van der Waals surface area contributed by atoms with Gasteiger partial charge in [-0.05, 0) is 20.9 Å². The number of hydrogen-bond donors (Lipinski definition) is 1. The molecule has 1 aliphatic rings. The highest BCUT2D eigenvalue weighted by Crippen LogP contribution is 2.18. The zero-order valence-electron chi connectivity index (χ0n) is 13.0. The van der Waals surface area contributed by atoms with E-state index >= 15 is 0 Å². The fourth-order valence-corrected chi connectivity index (χ4v) is 2.67. The van der Waals surface area contributed by atoms with E-state index in [4.69, 9.17) is 4.52 Å². The third-order valence-electron chi connectivity index (χ3n) is 3.88. The first kappa shape index (κ1) is 15.5. The topological polar surface area (TPSA) is 78.7 Å². The Bertz CT molecular complexity index is 521. The highest BCUT2D eigenvalue weighted by Gasteiger charge is 2.31. The highest BCUT2D eigenvalue weighted by atomic mass is 16.5. The third-order valence-corrected chi connectivity index (χ3v) is 3.88. The van der Waals surface area contributed by atoms with Gasteiger partial charge in [0.25, 0.3) is 5.91 Å². The molecule has 1 saturated heterocycles. The van der Waals surface area contributed by atoms with Gasteiger partial charge >= 0.3 is 0 Å². The molecule has 1 fully saturated rings. The Morgan fingerprint density at radius 1 is 1.29 bits per heavy atom. The van der Waals surface area contributed by atoms with Gasteiger partial charge < -0.3 is 19.6 Å². The Morgan fingerprint density at radius 2 is 2.00 bits per heavy atom. The summed E-state index contributed by atoms with van der Waals surface area (Å²) in [5.74, 6) is 0.134. The predicted molar refractivity (Wildman–Crippen MR) is 76.9 cm³/mol. The summed E-state index contributed by atoms with van der Waals surface area (Å²) in [7, 11) is 3.58. The molecule has 0 aromatic carbocycles. The van der Waals surface area contributed by atoms with Crippen LogP contribution in [-0.2, 0) is 4.79 Å². The van der Waals surface area contributed by atoms with Gasteiger partial charge in [-0.2, -0.15) is 0 Å². The van der Waals surface area contributed by atoms with E-state index in [9.17, 15) is 9.59 Å². The molecule has 0 aliphatic carbocycles. The molecule has 1 N–H and O–H groups in total. The number of aromatic nitrogens is 1. The summed E-state index contributed by atoms with van der Waals surface area (Å²) in [4.78, 5) is 28.4. The monoisotopic (exact) mass is 294 g/mol. The van der Waals surface area contributed by atoms with Gasteiger partial charge in [-0.25, -0.2) is 0 Å². The Labute approximate surface area is 124 Å². The Morgan fingerprint density at radius 3 is 2.57 bits per heavy atom. The molecule has 0 radical (unpaired) electrons. The van der Waals surface area contributed by atoms with E-state index < -0.39 is 0 Å². The van der Waals surface area contributed by atoms with Crippen LogP contribution < -0.4 is 5.32 Å². The zero-order chi connectivity index (χ0) is 15.6. The fraction of sp³-hybridized carbons (Fsp3) is 0.643. The van der Waals surface area contributed by atoms with Crippen LogP contribution in [0.25, 0.3) is 0 Å². The third kappa shape index (κ3) is 3.24. The summed E-state index contributed by atoms with van der Waals surface area (Å²) in [6.45, 7) is 5.87. The molecule has 1 aliphatic heterocycles. The predicted octanol–water partition coefficient (Wildman–Crippen LogP) is 0.0412. The number of carbonyl (C=O) groups excluding carboxylic acids is 2. The molecule has 1 atom stereocenters. The molecule has 21 heavy (non-hydrogen) atoms. The molecule has 116 valence electrons. The van der Waals surface area contributed by atoms with Crippen LogP contribution in [0.5, 0.6) is 0 Å². The van der Waals surface area contributed by atoms with Crippen molar-refractivity contribution in [2.75, 3.05) is 40.3 Å². The van der Waals surface area contributed by atoms with Crippen molar-refractivity contribution < 1.29 is 14.1 Å². The molecule has 7 nitrogen and oxygen atoms in total. The second kappa shape index (κ2) is 6.26. The van der Waals surface area contributed by atoms with Crippen molar-refractivity contribution >= 4 is 11.8 Å². The van der Waals surface area contributed by atoms with Gasteiger partial charge in [-0.1, -0.05) is 5.16 Å². The molecule has 7 heteroatoms. The number of hydrogen-bond acceptors (Lipinski definition) is 5. The van der Waals surface area contributed by atoms with Crippen molar-refractivity contribution in [2.45, 2.75) is 13.8 Å².